The highest BCUT2D eigenvalue weighted by Crippen LogP contribution is 2.54. The minimum absolute atomic E-state index is 0.0724. The Morgan fingerprint density at radius 1 is 0.400 bits per heavy atom. The average Bonchev–Trinajstić information content (AvgIpc) is 3.78. The molecule has 0 fully saturated rings. The van der Waals surface area contributed by atoms with Crippen LogP contribution in [0.4, 0.5) is 0 Å². The van der Waals surface area contributed by atoms with Crippen LogP contribution in [0.25, 0.3) is 98.4 Å². The van der Waals surface area contributed by atoms with E-state index in [1.165, 1.54) is 115 Å². The van der Waals surface area contributed by atoms with Crippen molar-refractivity contribution in [2.75, 3.05) is 0 Å². The third-order valence-electron chi connectivity index (χ3n) is 13.9. The van der Waals surface area contributed by atoms with E-state index in [1.807, 2.05) is 0 Å². The molecule has 0 N–H and O–H groups in total. The summed E-state index contributed by atoms with van der Waals surface area (Å²) < 4.78 is 6.64. The van der Waals surface area contributed by atoms with E-state index in [4.69, 9.17) is 4.74 Å². The Kier molecular flexibility index (Phi) is 6.97. The molecule has 2 aliphatic carbocycles. The lowest BCUT2D eigenvalue weighted by molar-refractivity contribution is 0.271. The van der Waals surface area contributed by atoms with Crippen molar-refractivity contribution in [3.63, 3.8) is 0 Å². The summed E-state index contributed by atoms with van der Waals surface area (Å²) in [6.45, 7) is 4.74. The van der Waals surface area contributed by atoms with E-state index >= 15 is 0 Å². The standard InChI is InChI=1S/C59H40O/c1-59(2)53-29-27-39(32-51(53)52-34-50-40(33-54(52)59)26-28-49-43-15-9-10-21-55(43)60-58(49)50)37-22-23-38-31-41(25-24-36(38)30-37)56-45-16-5-7-18-47(45)57(48-19-8-6-17-46(48)56)44-20-11-13-35-12-3-4-14-42(35)44/h3-34,43,55H,1-2H3. The van der Waals surface area contributed by atoms with Gasteiger partial charge < -0.3 is 4.74 Å². The van der Waals surface area contributed by atoms with Crippen molar-refractivity contribution < 1.29 is 4.74 Å². The number of hydrogen-bond donors (Lipinski definition) is 0. The molecule has 3 aliphatic rings. The van der Waals surface area contributed by atoms with Crippen LogP contribution in [-0.2, 0) is 5.41 Å². The third kappa shape index (κ3) is 4.75. The summed E-state index contributed by atoms with van der Waals surface area (Å²) in [5.74, 6) is 1.32. The highest BCUT2D eigenvalue weighted by atomic mass is 16.5. The summed E-state index contributed by atoms with van der Waals surface area (Å²) in [5, 5.41) is 12.6. The van der Waals surface area contributed by atoms with Crippen LogP contribution in [0.3, 0.4) is 0 Å². The van der Waals surface area contributed by atoms with Crippen LogP contribution in [0.5, 0.6) is 5.75 Å². The molecule has 0 saturated carbocycles. The number of allylic oxidation sites excluding steroid dienone is 2. The molecule has 2 unspecified atom stereocenters. The molecule has 10 aromatic carbocycles. The molecule has 0 amide bonds. The van der Waals surface area contributed by atoms with Crippen molar-refractivity contribution in [1.29, 1.82) is 0 Å². The maximum Gasteiger partial charge on any atom is 0.132 e. The van der Waals surface area contributed by atoms with Gasteiger partial charge in [-0.05, 0) is 141 Å². The van der Waals surface area contributed by atoms with Crippen molar-refractivity contribution in [1.82, 2.24) is 0 Å². The molecule has 1 heteroatoms. The van der Waals surface area contributed by atoms with Crippen LogP contribution in [0.15, 0.2) is 194 Å². The normalized spacial score (nSPS) is 17.0. The summed E-state index contributed by atoms with van der Waals surface area (Å²) in [6.07, 6.45) is 8.79. The van der Waals surface area contributed by atoms with Crippen LogP contribution in [0.1, 0.15) is 36.5 Å². The van der Waals surface area contributed by atoms with E-state index in [9.17, 15) is 0 Å². The van der Waals surface area contributed by atoms with Crippen LogP contribution in [0, 0.1) is 0 Å². The summed E-state index contributed by atoms with van der Waals surface area (Å²) >= 11 is 0. The SMILES string of the molecule is CC1(C)c2ccc(-c3ccc4cc(-c5c6ccccc6c(-c6cccc7ccccc67)c6ccccc56)ccc4c3)cc2-c2cc3c4c(ccc3cc21)C1C=CC=CC1O4. The molecule has 1 heterocycles. The maximum atomic E-state index is 6.64. The monoisotopic (exact) mass is 764 g/mol. The smallest absolute Gasteiger partial charge is 0.132 e. The molecule has 2 atom stereocenters. The molecule has 0 aromatic heterocycles. The van der Waals surface area contributed by atoms with Crippen molar-refractivity contribution >= 4 is 53.9 Å². The maximum absolute atomic E-state index is 6.64. The Labute approximate surface area is 349 Å². The number of rotatable bonds is 3. The molecular weight excluding hydrogens is 725 g/mol. The lowest BCUT2D eigenvalue weighted by atomic mass is 9.81. The minimum atomic E-state index is -0.0993. The summed E-state index contributed by atoms with van der Waals surface area (Å²) in [4.78, 5) is 0. The van der Waals surface area contributed by atoms with Crippen molar-refractivity contribution in [2.45, 2.75) is 31.3 Å². The fourth-order valence-electron chi connectivity index (χ4n) is 11.0. The summed E-state index contributed by atoms with van der Waals surface area (Å²) in [7, 11) is 0. The number of fused-ring (bicyclic) bond motifs is 12. The first-order chi connectivity index (χ1) is 29.5. The van der Waals surface area contributed by atoms with Crippen molar-refractivity contribution in [3.05, 3.63) is 211 Å². The molecule has 0 spiro atoms. The molecule has 60 heavy (non-hydrogen) atoms. The van der Waals surface area contributed by atoms with Gasteiger partial charge in [-0.3, -0.25) is 0 Å². The predicted octanol–water partition coefficient (Wildman–Crippen LogP) is 15.7. The second-order valence-electron chi connectivity index (χ2n) is 17.5. The zero-order valence-corrected chi connectivity index (χ0v) is 33.5. The first-order valence-corrected chi connectivity index (χ1v) is 21.2. The molecular formula is C59H40O. The molecule has 1 aliphatic heterocycles. The van der Waals surface area contributed by atoms with Gasteiger partial charge in [-0.15, -0.1) is 0 Å². The van der Waals surface area contributed by atoms with E-state index in [0.717, 1.165) is 5.75 Å². The van der Waals surface area contributed by atoms with Crippen LogP contribution in [0.2, 0.25) is 0 Å². The molecule has 282 valence electrons. The Bertz CT molecular complexity index is 3500. The van der Waals surface area contributed by atoms with Gasteiger partial charge in [0.1, 0.15) is 11.9 Å². The van der Waals surface area contributed by atoms with E-state index in [-0.39, 0.29) is 17.4 Å². The summed E-state index contributed by atoms with van der Waals surface area (Å²) in [5.41, 5.74) is 14.1. The van der Waals surface area contributed by atoms with Gasteiger partial charge in [0, 0.05) is 22.3 Å². The second kappa shape index (κ2) is 12.4. The molecule has 0 bridgehead atoms. The van der Waals surface area contributed by atoms with Crippen LogP contribution >= 0.6 is 0 Å². The minimum Gasteiger partial charge on any atom is -0.484 e. The number of hydrogen-bond acceptors (Lipinski definition) is 1. The lowest BCUT2D eigenvalue weighted by Gasteiger charge is -2.22. The van der Waals surface area contributed by atoms with Gasteiger partial charge in [0.15, 0.2) is 0 Å². The van der Waals surface area contributed by atoms with Gasteiger partial charge in [0.05, 0.1) is 0 Å². The second-order valence-corrected chi connectivity index (χ2v) is 17.5. The largest absolute Gasteiger partial charge is 0.484 e. The predicted molar refractivity (Wildman–Crippen MR) is 253 cm³/mol. The van der Waals surface area contributed by atoms with Crippen LogP contribution in [-0.4, -0.2) is 6.10 Å². The molecule has 0 saturated heterocycles. The molecule has 1 nitrogen and oxygen atoms in total. The average molecular weight is 765 g/mol. The van der Waals surface area contributed by atoms with Gasteiger partial charge in [-0.2, -0.15) is 0 Å². The lowest BCUT2D eigenvalue weighted by Crippen LogP contribution is -2.15. The first-order valence-electron chi connectivity index (χ1n) is 21.2. The fraction of sp³-hybridized carbons (Fsp3) is 0.0847. The fourth-order valence-corrected chi connectivity index (χ4v) is 11.0. The van der Waals surface area contributed by atoms with Crippen molar-refractivity contribution in [3.8, 4) is 50.3 Å². The first kappa shape index (κ1) is 33.7. The molecule has 10 aromatic rings. The topological polar surface area (TPSA) is 9.23 Å². The van der Waals surface area contributed by atoms with Gasteiger partial charge in [-0.1, -0.05) is 172 Å². The quantitative estimate of drug-likeness (QED) is 0.163. The van der Waals surface area contributed by atoms with E-state index in [1.54, 1.807) is 0 Å². The number of benzene rings is 10. The molecule has 13 rings (SSSR count). The third-order valence-corrected chi connectivity index (χ3v) is 13.9. The Hall–Kier alpha value is -7.22. The Morgan fingerprint density at radius 3 is 1.78 bits per heavy atom. The highest BCUT2D eigenvalue weighted by Gasteiger charge is 2.38. The molecule has 0 radical (unpaired) electrons. The Balaban J connectivity index is 0.922. The van der Waals surface area contributed by atoms with Gasteiger partial charge in [0.25, 0.3) is 0 Å². The van der Waals surface area contributed by atoms with Gasteiger partial charge in [0.2, 0.25) is 0 Å². The van der Waals surface area contributed by atoms with E-state index < -0.39 is 0 Å². The number of ether oxygens (including phenoxy) is 1. The van der Waals surface area contributed by atoms with Gasteiger partial charge in [-0.25, -0.2) is 0 Å². The Morgan fingerprint density at radius 2 is 1.00 bits per heavy atom. The summed E-state index contributed by atoms with van der Waals surface area (Å²) in [6, 6.07) is 63.9. The van der Waals surface area contributed by atoms with E-state index in [2.05, 4.69) is 208 Å². The zero-order chi connectivity index (χ0) is 39.7. The van der Waals surface area contributed by atoms with Crippen LogP contribution < -0.4 is 4.74 Å². The van der Waals surface area contributed by atoms with Crippen molar-refractivity contribution in [2.24, 2.45) is 0 Å². The van der Waals surface area contributed by atoms with E-state index in [0.29, 0.717) is 0 Å². The highest BCUT2D eigenvalue weighted by molar-refractivity contribution is 6.23. The van der Waals surface area contributed by atoms with Gasteiger partial charge >= 0.3 is 0 Å². The zero-order valence-electron chi connectivity index (χ0n) is 33.5.